The number of rotatable bonds is 3. The van der Waals surface area contributed by atoms with Crippen molar-refractivity contribution in [2.75, 3.05) is 13.2 Å². The number of nitrogens with zero attached hydrogens (tertiary/aromatic N) is 2. The molecule has 2 heterocycles. The highest BCUT2D eigenvalue weighted by Gasteiger charge is 2.18. The number of aliphatic hydroxyl groups is 1. The van der Waals surface area contributed by atoms with Gasteiger partial charge in [-0.3, -0.25) is 4.68 Å². The van der Waals surface area contributed by atoms with Crippen molar-refractivity contribution in [3.63, 3.8) is 0 Å². The monoisotopic (exact) mass is 276 g/mol. The molecule has 1 aromatic heterocycles. The lowest BCUT2D eigenvalue weighted by Crippen LogP contribution is -2.19. The van der Waals surface area contributed by atoms with Gasteiger partial charge in [-0.2, -0.15) is 5.10 Å². The summed E-state index contributed by atoms with van der Waals surface area (Å²) in [5.74, 6) is -0.374. The minimum Gasteiger partial charge on any atom is -0.392 e. The number of benzene rings is 1. The molecule has 1 aromatic carbocycles. The molecule has 1 N–H and O–H groups in total. The molecule has 1 aliphatic heterocycles. The molecule has 106 valence electrons. The minimum absolute atomic E-state index is 0.298. The number of aliphatic hydroxyl groups excluding tert-OH is 1. The van der Waals surface area contributed by atoms with E-state index >= 15 is 0 Å². The summed E-state index contributed by atoms with van der Waals surface area (Å²) < 4.78 is 21.4. The van der Waals surface area contributed by atoms with E-state index in [-0.39, 0.29) is 12.4 Å². The molecule has 0 radical (unpaired) electrons. The van der Waals surface area contributed by atoms with E-state index in [0.29, 0.717) is 17.2 Å². The van der Waals surface area contributed by atoms with Crippen LogP contribution in [0.25, 0.3) is 11.1 Å². The van der Waals surface area contributed by atoms with Gasteiger partial charge in [-0.25, -0.2) is 4.39 Å². The summed E-state index contributed by atoms with van der Waals surface area (Å²) in [7, 11) is 0. The number of ether oxygens (including phenoxy) is 1. The van der Waals surface area contributed by atoms with Gasteiger partial charge in [0.2, 0.25) is 0 Å². The van der Waals surface area contributed by atoms with Crippen LogP contribution in [0.15, 0.2) is 30.6 Å². The maximum absolute atomic E-state index is 14.2. The van der Waals surface area contributed by atoms with E-state index in [1.54, 1.807) is 24.4 Å². The molecule has 0 unspecified atom stereocenters. The van der Waals surface area contributed by atoms with Gasteiger partial charge in [0.05, 0.1) is 18.8 Å². The Hall–Kier alpha value is -1.72. The third-order valence-corrected chi connectivity index (χ3v) is 3.73. The van der Waals surface area contributed by atoms with Crippen molar-refractivity contribution in [3.05, 3.63) is 42.0 Å². The molecule has 5 heteroatoms. The highest BCUT2D eigenvalue weighted by atomic mass is 19.1. The Bertz CT molecular complexity index is 591. The quantitative estimate of drug-likeness (QED) is 0.937. The summed E-state index contributed by atoms with van der Waals surface area (Å²) in [5.41, 5.74) is 1.53. The fourth-order valence-electron chi connectivity index (χ4n) is 2.55. The van der Waals surface area contributed by atoms with Crippen LogP contribution in [0.3, 0.4) is 0 Å². The fourth-order valence-corrected chi connectivity index (χ4v) is 2.55. The molecule has 2 aromatic rings. The topological polar surface area (TPSA) is 47.3 Å². The fraction of sp³-hybridized carbons (Fsp3) is 0.400. The SMILES string of the molecule is OCc1cccc(-c2cnn(C3CCOCC3)c2)c1F. The summed E-state index contributed by atoms with van der Waals surface area (Å²) in [6.07, 6.45) is 5.41. The van der Waals surface area contributed by atoms with Crippen LogP contribution < -0.4 is 0 Å². The highest BCUT2D eigenvalue weighted by Crippen LogP contribution is 2.27. The van der Waals surface area contributed by atoms with Crippen molar-refractivity contribution in [1.82, 2.24) is 9.78 Å². The average Bonchev–Trinajstić information content (AvgIpc) is 2.98. The van der Waals surface area contributed by atoms with E-state index in [9.17, 15) is 4.39 Å². The predicted molar refractivity (Wildman–Crippen MR) is 72.6 cm³/mol. The van der Waals surface area contributed by atoms with Crippen LogP contribution in [0.1, 0.15) is 24.4 Å². The zero-order chi connectivity index (χ0) is 13.9. The first kappa shape index (κ1) is 13.3. The lowest BCUT2D eigenvalue weighted by molar-refractivity contribution is 0.0662. The zero-order valence-corrected chi connectivity index (χ0v) is 11.1. The van der Waals surface area contributed by atoms with Crippen LogP contribution in [-0.4, -0.2) is 28.1 Å². The predicted octanol–water partition coefficient (Wildman–Crippen LogP) is 2.53. The van der Waals surface area contributed by atoms with Crippen molar-refractivity contribution in [2.24, 2.45) is 0 Å². The molecule has 20 heavy (non-hydrogen) atoms. The van der Waals surface area contributed by atoms with Gasteiger partial charge >= 0.3 is 0 Å². The van der Waals surface area contributed by atoms with E-state index in [4.69, 9.17) is 9.84 Å². The van der Waals surface area contributed by atoms with Gasteiger partial charge in [-0.05, 0) is 12.8 Å². The molecule has 0 saturated carbocycles. The summed E-state index contributed by atoms with van der Waals surface area (Å²) >= 11 is 0. The van der Waals surface area contributed by atoms with Crippen LogP contribution in [0.2, 0.25) is 0 Å². The summed E-state index contributed by atoms with van der Waals surface area (Å²) in [5, 5.41) is 13.5. The normalized spacial score (nSPS) is 16.5. The first-order valence-electron chi connectivity index (χ1n) is 6.80. The van der Waals surface area contributed by atoms with Gasteiger partial charge < -0.3 is 9.84 Å². The van der Waals surface area contributed by atoms with Gasteiger partial charge in [0.25, 0.3) is 0 Å². The second-order valence-electron chi connectivity index (χ2n) is 4.99. The van der Waals surface area contributed by atoms with E-state index in [1.165, 1.54) is 0 Å². The Morgan fingerprint density at radius 2 is 2.15 bits per heavy atom. The molecule has 4 nitrogen and oxygen atoms in total. The van der Waals surface area contributed by atoms with Crippen molar-refractivity contribution in [1.29, 1.82) is 0 Å². The third kappa shape index (κ3) is 2.46. The first-order valence-corrected chi connectivity index (χ1v) is 6.80. The zero-order valence-electron chi connectivity index (χ0n) is 11.1. The Balaban J connectivity index is 1.90. The Morgan fingerprint density at radius 3 is 2.90 bits per heavy atom. The average molecular weight is 276 g/mol. The minimum atomic E-state index is -0.374. The second kappa shape index (κ2) is 5.73. The van der Waals surface area contributed by atoms with Crippen molar-refractivity contribution >= 4 is 0 Å². The van der Waals surface area contributed by atoms with Gasteiger partial charge in [0.1, 0.15) is 5.82 Å². The van der Waals surface area contributed by atoms with Crippen LogP contribution >= 0.6 is 0 Å². The summed E-state index contributed by atoms with van der Waals surface area (Å²) in [4.78, 5) is 0. The Labute approximate surface area is 116 Å². The number of aromatic nitrogens is 2. The maximum atomic E-state index is 14.2. The number of hydrogen-bond acceptors (Lipinski definition) is 3. The standard InChI is InChI=1S/C15H17FN2O2/c16-15-11(10-19)2-1-3-14(15)12-8-17-18(9-12)13-4-6-20-7-5-13/h1-3,8-9,13,19H,4-7,10H2. The van der Waals surface area contributed by atoms with Crippen LogP contribution in [0.5, 0.6) is 0 Å². The number of halogens is 1. The molecule has 3 rings (SSSR count). The number of hydrogen-bond donors (Lipinski definition) is 1. The Morgan fingerprint density at radius 1 is 1.35 bits per heavy atom. The lowest BCUT2D eigenvalue weighted by atomic mass is 10.1. The molecule has 0 spiro atoms. The highest BCUT2D eigenvalue weighted by molar-refractivity contribution is 5.63. The van der Waals surface area contributed by atoms with Crippen LogP contribution in [0, 0.1) is 5.82 Å². The van der Waals surface area contributed by atoms with Crippen LogP contribution in [0.4, 0.5) is 4.39 Å². The van der Waals surface area contributed by atoms with Crippen molar-refractivity contribution < 1.29 is 14.2 Å². The summed E-state index contributed by atoms with van der Waals surface area (Å²) in [6.45, 7) is 1.19. The Kier molecular flexibility index (Phi) is 3.80. The van der Waals surface area contributed by atoms with Gasteiger partial charge in [-0.15, -0.1) is 0 Å². The first-order chi connectivity index (χ1) is 9.79. The van der Waals surface area contributed by atoms with E-state index in [1.807, 2.05) is 10.9 Å². The summed E-state index contributed by atoms with van der Waals surface area (Å²) in [6, 6.07) is 5.36. The molecule has 1 fully saturated rings. The molecule has 0 aliphatic carbocycles. The van der Waals surface area contributed by atoms with Crippen molar-refractivity contribution in [3.8, 4) is 11.1 Å². The molecule has 0 amide bonds. The lowest BCUT2D eigenvalue weighted by Gasteiger charge is -2.22. The molecule has 1 aliphatic rings. The van der Waals surface area contributed by atoms with Crippen molar-refractivity contribution in [2.45, 2.75) is 25.5 Å². The largest absolute Gasteiger partial charge is 0.392 e. The van der Waals surface area contributed by atoms with E-state index in [2.05, 4.69) is 5.10 Å². The molecule has 0 atom stereocenters. The van der Waals surface area contributed by atoms with Gasteiger partial charge in [0.15, 0.2) is 0 Å². The third-order valence-electron chi connectivity index (χ3n) is 3.73. The smallest absolute Gasteiger partial charge is 0.136 e. The van der Waals surface area contributed by atoms with Gasteiger partial charge in [-0.1, -0.05) is 18.2 Å². The molecule has 1 saturated heterocycles. The molecule has 0 bridgehead atoms. The van der Waals surface area contributed by atoms with E-state index in [0.717, 1.165) is 31.6 Å². The molecular formula is C15H17FN2O2. The van der Waals surface area contributed by atoms with E-state index < -0.39 is 0 Å². The maximum Gasteiger partial charge on any atom is 0.136 e. The second-order valence-corrected chi connectivity index (χ2v) is 4.99. The van der Waals surface area contributed by atoms with Gasteiger partial charge in [0, 0.05) is 36.1 Å². The molecular weight excluding hydrogens is 259 g/mol. The van der Waals surface area contributed by atoms with Crippen LogP contribution in [-0.2, 0) is 11.3 Å².